The zero-order valence-corrected chi connectivity index (χ0v) is 17.6. The van der Waals surface area contributed by atoms with Crippen LogP contribution in [-0.2, 0) is 24.3 Å². The molecule has 1 aliphatic rings. The maximum Gasteiger partial charge on any atom is 0.328 e. The van der Waals surface area contributed by atoms with Crippen molar-refractivity contribution in [2.24, 2.45) is 5.92 Å². The number of amides is 1. The van der Waals surface area contributed by atoms with E-state index >= 15 is 0 Å². The maximum absolute atomic E-state index is 12.5. The lowest BCUT2D eigenvalue weighted by molar-refractivity contribution is -0.895. The van der Waals surface area contributed by atoms with Crippen molar-refractivity contribution in [1.29, 1.82) is 0 Å². The molecule has 2 N–H and O–H groups in total. The number of nitrogens with zero attached hydrogens (tertiary/aromatic N) is 1. The number of methoxy groups -OCH3 is 1. The zero-order chi connectivity index (χ0) is 20.0. The van der Waals surface area contributed by atoms with Crippen molar-refractivity contribution in [3.8, 4) is 0 Å². The van der Waals surface area contributed by atoms with E-state index in [2.05, 4.69) is 5.32 Å². The summed E-state index contributed by atoms with van der Waals surface area (Å²) >= 11 is 1.21. The van der Waals surface area contributed by atoms with E-state index in [0.717, 1.165) is 11.3 Å². The second-order valence-electron chi connectivity index (χ2n) is 6.72. The number of piperazine rings is 1. The summed E-state index contributed by atoms with van der Waals surface area (Å²) in [5, 5.41) is 4.51. The molecule has 1 saturated heterocycles. The molecule has 0 radical (unpaired) electrons. The summed E-state index contributed by atoms with van der Waals surface area (Å²) in [6.07, 6.45) is 0.742. The van der Waals surface area contributed by atoms with Gasteiger partial charge in [-0.1, -0.05) is 26.3 Å². The third-order valence-electron chi connectivity index (χ3n) is 4.91. The summed E-state index contributed by atoms with van der Waals surface area (Å²) in [5.41, 5.74) is 0. The Kier molecular flexibility index (Phi) is 7.78. The van der Waals surface area contributed by atoms with Crippen molar-refractivity contribution in [2.75, 3.05) is 39.8 Å². The summed E-state index contributed by atoms with van der Waals surface area (Å²) < 4.78 is 31.7. The second-order valence-corrected chi connectivity index (χ2v) is 9.83. The summed E-state index contributed by atoms with van der Waals surface area (Å²) in [7, 11) is -2.13. The lowest BCUT2D eigenvalue weighted by atomic mass is 9.99. The highest BCUT2D eigenvalue weighted by atomic mass is 32.2. The van der Waals surface area contributed by atoms with Gasteiger partial charge in [-0.25, -0.2) is 13.2 Å². The van der Waals surface area contributed by atoms with E-state index in [1.165, 1.54) is 22.8 Å². The number of ether oxygens (including phenoxy) is 1. The molecule has 0 unspecified atom stereocenters. The molecule has 1 aromatic rings. The Balaban J connectivity index is 1.87. The largest absolute Gasteiger partial charge is 0.467 e. The van der Waals surface area contributed by atoms with E-state index in [1.807, 2.05) is 13.8 Å². The highest BCUT2D eigenvalue weighted by Gasteiger charge is 2.33. The number of sulfonamides is 1. The minimum Gasteiger partial charge on any atom is -0.467 e. The van der Waals surface area contributed by atoms with Crippen LogP contribution in [0.25, 0.3) is 0 Å². The molecular weight excluding hydrogens is 390 g/mol. The molecule has 1 aliphatic heterocycles. The van der Waals surface area contributed by atoms with E-state index in [4.69, 9.17) is 4.74 Å². The lowest BCUT2D eigenvalue weighted by Crippen LogP contribution is -3.15. The van der Waals surface area contributed by atoms with Crippen molar-refractivity contribution < 1.29 is 27.6 Å². The summed E-state index contributed by atoms with van der Waals surface area (Å²) in [6.45, 7) is 5.88. The fraction of sp³-hybridized carbons (Fsp3) is 0.647. The third kappa shape index (κ3) is 5.50. The van der Waals surface area contributed by atoms with Gasteiger partial charge in [0, 0.05) is 0 Å². The average Bonchev–Trinajstić information content (AvgIpc) is 3.21. The molecule has 8 nitrogen and oxygen atoms in total. The van der Waals surface area contributed by atoms with E-state index in [9.17, 15) is 18.0 Å². The topological polar surface area (TPSA) is 97.2 Å². The van der Waals surface area contributed by atoms with Crippen LogP contribution in [0.2, 0.25) is 0 Å². The molecule has 0 aliphatic carbocycles. The molecule has 0 aromatic carbocycles. The van der Waals surface area contributed by atoms with E-state index in [0.29, 0.717) is 30.4 Å². The van der Waals surface area contributed by atoms with Crippen molar-refractivity contribution >= 4 is 33.2 Å². The molecule has 2 rings (SSSR count). The number of esters is 1. The molecule has 0 spiro atoms. The van der Waals surface area contributed by atoms with Gasteiger partial charge in [0.1, 0.15) is 10.3 Å². The molecule has 0 saturated carbocycles. The minimum absolute atomic E-state index is 0.0239. The number of quaternary nitrogens is 1. The molecule has 0 bridgehead atoms. The first-order chi connectivity index (χ1) is 12.8. The number of thiophene rings is 1. The number of hydrogen-bond donors (Lipinski definition) is 2. The minimum atomic E-state index is -3.44. The van der Waals surface area contributed by atoms with Gasteiger partial charge < -0.3 is 15.0 Å². The van der Waals surface area contributed by atoms with Gasteiger partial charge in [-0.05, 0) is 17.4 Å². The monoisotopic (exact) mass is 418 g/mol. The first-order valence-corrected chi connectivity index (χ1v) is 11.4. The van der Waals surface area contributed by atoms with Gasteiger partial charge in [0.15, 0.2) is 6.54 Å². The van der Waals surface area contributed by atoms with Gasteiger partial charge in [-0.15, -0.1) is 11.3 Å². The van der Waals surface area contributed by atoms with Crippen LogP contribution in [0.1, 0.15) is 20.3 Å². The number of hydrogen-bond acceptors (Lipinski definition) is 6. The average molecular weight is 419 g/mol. The first kappa shape index (κ1) is 21.8. The van der Waals surface area contributed by atoms with Crippen LogP contribution < -0.4 is 10.2 Å². The van der Waals surface area contributed by atoms with Crippen molar-refractivity contribution in [3.63, 3.8) is 0 Å². The fourth-order valence-corrected chi connectivity index (χ4v) is 5.59. The van der Waals surface area contributed by atoms with Crippen LogP contribution in [0, 0.1) is 5.92 Å². The molecule has 1 fully saturated rings. The predicted molar refractivity (Wildman–Crippen MR) is 102 cm³/mol. The third-order valence-corrected chi connectivity index (χ3v) is 8.19. The smallest absolute Gasteiger partial charge is 0.328 e. The first-order valence-electron chi connectivity index (χ1n) is 9.04. The molecular formula is C17H28N3O5S2+. The Labute approximate surface area is 164 Å². The van der Waals surface area contributed by atoms with Crippen LogP contribution in [0.4, 0.5) is 0 Å². The normalized spacial score (nSPS) is 18.6. The van der Waals surface area contributed by atoms with E-state index in [1.54, 1.807) is 17.5 Å². The van der Waals surface area contributed by atoms with E-state index in [-0.39, 0.29) is 18.4 Å². The van der Waals surface area contributed by atoms with Crippen LogP contribution in [0.5, 0.6) is 0 Å². The molecule has 152 valence electrons. The number of nitrogens with one attached hydrogen (secondary N) is 2. The van der Waals surface area contributed by atoms with Gasteiger partial charge >= 0.3 is 5.97 Å². The van der Waals surface area contributed by atoms with Crippen LogP contribution >= 0.6 is 11.3 Å². The van der Waals surface area contributed by atoms with Gasteiger partial charge in [-0.2, -0.15) is 4.31 Å². The molecule has 2 atom stereocenters. The van der Waals surface area contributed by atoms with E-state index < -0.39 is 22.0 Å². The Morgan fingerprint density at radius 1 is 1.37 bits per heavy atom. The molecule has 10 heteroatoms. The Bertz CT molecular complexity index is 728. The van der Waals surface area contributed by atoms with Gasteiger partial charge in [-0.3, -0.25) is 4.79 Å². The highest BCUT2D eigenvalue weighted by molar-refractivity contribution is 7.91. The molecule has 27 heavy (non-hydrogen) atoms. The summed E-state index contributed by atoms with van der Waals surface area (Å²) in [5.74, 6) is -0.695. The standard InChI is InChI=1S/C17H27N3O5S2/c1-4-13(2)16(17(22)25-3)18-14(21)12-19-7-9-20(10-8-19)27(23,24)15-6-5-11-26-15/h5-6,11,13,16H,4,7-10,12H2,1-3H3,(H,18,21)/p+1/t13-,16-/m0/s1. The number of carbonyl (C=O) groups is 2. The molecule has 1 amide bonds. The molecule has 1 aromatic heterocycles. The van der Waals surface area contributed by atoms with Gasteiger partial charge in [0.25, 0.3) is 15.9 Å². The number of carbonyl (C=O) groups excluding carboxylic acids is 2. The summed E-state index contributed by atoms with van der Waals surface area (Å²) in [6, 6.07) is 2.67. The van der Waals surface area contributed by atoms with Crippen molar-refractivity contribution in [3.05, 3.63) is 17.5 Å². The Hall–Kier alpha value is -1.49. The zero-order valence-electron chi connectivity index (χ0n) is 15.9. The second kappa shape index (κ2) is 9.63. The SMILES string of the molecule is CC[C@H](C)[C@H](NC(=O)C[NH+]1CCN(S(=O)(=O)c2cccs2)CC1)C(=O)OC. The summed E-state index contributed by atoms with van der Waals surface area (Å²) in [4.78, 5) is 25.2. The number of rotatable bonds is 8. The van der Waals surface area contributed by atoms with Crippen LogP contribution in [0.15, 0.2) is 21.7 Å². The maximum atomic E-state index is 12.5. The van der Waals surface area contributed by atoms with Crippen LogP contribution in [0.3, 0.4) is 0 Å². The highest BCUT2D eigenvalue weighted by Crippen LogP contribution is 2.20. The van der Waals surface area contributed by atoms with Gasteiger partial charge in [0.2, 0.25) is 0 Å². The van der Waals surface area contributed by atoms with Gasteiger partial charge in [0.05, 0.1) is 33.3 Å². The lowest BCUT2D eigenvalue weighted by Gasteiger charge is -2.31. The quantitative estimate of drug-likeness (QED) is 0.547. The van der Waals surface area contributed by atoms with Crippen molar-refractivity contribution in [2.45, 2.75) is 30.5 Å². The Morgan fingerprint density at radius 2 is 2.04 bits per heavy atom. The molecule has 2 heterocycles. The fourth-order valence-electron chi connectivity index (χ4n) is 3.00. The predicted octanol–water partition coefficient (Wildman–Crippen LogP) is -0.659. The van der Waals surface area contributed by atoms with Crippen LogP contribution in [-0.4, -0.2) is 70.5 Å². The Morgan fingerprint density at radius 3 is 2.56 bits per heavy atom. The van der Waals surface area contributed by atoms with Crippen molar-refractivity contribution in [1.82, 2.24) is 9.62 Å².